The van der Waals surface area contributed by atoms with E-state index in [0.717, 1.165) is 13.0 Å². The summed E-state index contributed by atoms with van der Waals surface area (Å²) in [6.45, 7) is 5.27. The number of nitrogens with zero attached hydrogens (tertiary/aromatic N) is 2. The maximum atomic E-state index is 4.57. The molecule has 2 aromatic rings. The van der Waals surface area contributed by atoms with Crippen LogP contribution in [0, 0.1) is 0 Å². The number of aromatic nitrogens is 2. The van der Waals surface area contributed by atoms with Crippen LogP contribution in [-0.4, -0.2) is 9.78 Å². The van der Waals surface area contributed by atoms with Crippen molar-refractivity contribution >= 4 is 10.9 Å². The Balaban J connectivity index is 2.55. The molecule has 0 aliphatic carbocycles. The lowest BCUT2D eigenvalue weighted by Crippen LogP contribution is -1.93. The highest BCUT2D eigenvalue weighted by atomic mass is 15.3. The lowest BCUT2D eigenvalue weighted by atomic mass is 10.1. The summed E-state index contributed by atoms with van der Waals surface area (Å²) in [6, 6.07) is 6.43. The van der Waals surface area contributed by atoms with Gasteiger partial charge in [0, 0.05) is 18.1 Å². The van der Waals surface area contributed by atoms with Gasteiger partial charge >= 0.3 is 0 Å². The van der Waals surface area contributed by atoms with Gasteiger partial charge in [-0.3, -0.25) is 4.68 Å². The predicted octanol–water partition coefficient (Wildman–Crippen LogP) is 3.01. The van der Waals surface area contributed by atoms with Crippen LogP contribution in [0.3, 0.4) is 0 Å². The van der Waals surface area contributed by atoms with Crippen LogP contribution in [0.5, 0.6) is 0 Å². The fraction of sp³-hybridized carbons (Fsp3) is 0.417. The Kier molecular flexibility index (Phi) is 2.53. The largest absolute Gasteiger partial charge is 0.272 e. The summed E-state index contributed by atoms with van der Waals surface area (Å²) in [6.07, 6.45) is 4.42. The van der Waals surface area contributed by atoms with E-state index in [1.54, 1.807) is 0 Å². The molecule has 0 spiro atoms. The smallest absolute Gasteiger partial charge is 0.0955 e. The van der Waals surface area contributed by atoms with Crippen LogP contribution in [0.1, 0.15) is 25.8 Å². The van der Waals surface area contributed by atoms with E-state index in [4.69, 9.17) is 0 Å². The van der Waals surface area contributed by atoms with E-state index in [1.807, 2.05) is 4.68 Å². The third kappa shape index (κ3) is 1.52. The highest BCUT2D eigenvalue weighted by Crippen LogP contribution is 2.18. The fourth-order valence-electron chi connectivity index (χ4n) is 1.79. The van der Waals surface area contributed by atoms with Gasteiger partial charge in [0.25, 0.3) is 0 Å². The van der Waals surface area contributed by atoms with Crippen LogP contribution in [-0.2, 0) is 13.0 Å². The number of benzene rings is 1. The zero-order valence-corrected chi connectivity index (χ0v) is 8.83. The Morgan fingerprint density at radius 3 is 2.86 bits per heavy atom. The Labute approximate surface area is 84.5 Å². The molecule has 0 unspecified atom stereocenters. The van der Waals surface area contributed by atoms with Gasteiger partial charge in [0.15, 0.2) is 0 Å². The van der Waals surface area contributed by atoms with Crippen LogP contribution in [0.25, 0.3) is 10.9 Å². The number of hydrogen-bond acceptors (Lipinski definition) is 1. The minimum atomic E-state index is 0.945. The van der Waals surface area contributed by atoms with Gasteiger partial charge in [-0.2, -0.15) is 5.10 Å². The van der Waals surface area contributed by atoms with E-state index in [9.17, 15) is 0 Å². The first-order valence-electron chi connectivity index (χ1n) is 5.30. The van der Waals surface area contributed by atoms with E-state index in [2.05, 4.69) is 43.3 Å². The summed E-state index contributed by atoms with van der Waals surface area (Å²) in [4.78, 5) is 0. The second kappa shape index (κ2) is 3.82. The van der Waals surface area contributed by atoms with Crippen LogP contribution in [0.15, 0.2) is 24.4 Å². The van der Waals surface area contributed by atoms with Crippen LogP contribution in [0.4, 0.5) is 0 Å². The molecule has 0 fully saturated rings. The molecule has 0 aliphatic heterocycles. The van der Waals surface area contributed by atoms with Crippen LogP contribution in [0.2, 0.25) is 0 Å². The summed E-state index contributed by atoms with van der Waals surface area (Å²) in [5.41, 5.74) is 2.55. The Bertz CT molecular complexity index is 429. The average molecular weight is 188 g/mol. The van der Waals surface area contributed by atoms with Crippen molar-refractivity contribution in [3.63, 3.8) is 0 Å². The van der Waals surface area contributed by atoms with Gasteiger partial charge in [0.05, 0.1) is 5.52 Å². The van der Waals surface area contributed by atoms with Gasteiger partial charge in [0.2, 0.25) is 0 Å². The lowest BCUT2D eigenvalue weighted by Gasteiger charge is -1.98. The molecule has 0 saturated carbocycles. The molecule has 1 aromatic heterocycles. The van der Waals surface area contributed by atoms with Gasteiger partial charge in [-0.05, 0) is 18.9 Å². The molecule has 0 atom stereocenters. The zero-order chi connectivity index (χ0) is 9.97. The van der Waals surface area contributed by atoms with Crippen molar-refractivity contribution in [3.05, 3.63) is 30.0 Å². The van der Waals surface area contributed by atoms with Crippen molar-refractivity contribution in [1.82, 2.24) is 9.78 Å². The van der Waals surface area contributed by atoms with Crippen molar-refractivity contribution in [2.45, 2.75) is 33.2 Å². The molecule has 74 valence electrons. The first kappa shape index (κ1) is 9.25. The molecule has 14 heavy (non-hydrogen) atoms. The molecule has 2 nitrogen and oxygen atoms in total. The van der Waals surface area contributed by atoms with Crippen molar-refractivity contribution in [1.29, 1.82) is 0 Å². The summed E-state index contributed by atoms with van der Waals surface area (Å²) >= 11 is 0. The molecule has 0 N–H and O–H groups in total. The predicted molar refractivity (Wildman–Crippen MR) is 59.4 cm³/mol. The van der Waals surface area contributed by atoms with Gasteiger partial charge in [0.1, 0.15) is 0 Å². The molecule has 1 aromatic carbocycles. The third-order valence-electron chi connectivity index (χ3n) is 2.51. The normalized spacial score (nSPS) is 11.0. The SMILES string of the molecule is CCCc1cccc2cn(CC)nc12. The average Bonchev–Trinajstić information content (AvgIpc) is 2.62. The van der Waals surface area contributed by atoms with E-state index < -0.39 is 0 Å². The third-order valence-corrected chi connectivity index (χ3v) is 2.51. The minimum Gasteiger partial charge on any atom is -0.272 e. The molecule has 2 rings (SSSR count). The Morgan fingerprint density at radius 1 is 1.29 bits per heavy atom. The first-order valence-corrected chi connectivity index (χ1v) is 5.30. The summed E-state index contributed by atoms with van der Waals surface area (Å²) < 4.78 is 2.00. The van der Waals surface area contributed by atoms with Crippen molar-refractivity contribution in [3.8, 4) is 0 Å². The lowest BCUT2D eigenvalue weighted by molar-refractivity contribution is 0.667. The van der Waals surface area contributed by atoms with Crippen LogP contribution < -0.4 is 0 Å². The number of rotatable bonds is 3. The van der Waals surface area contributed by atoms with E-state index in [0.29, 0.717) is 0 Å². The maximum Gasteiger partial charge on any atom is 0.0955 e. The zero-order valence-electron chi connectivity index (χ0n) is 8.83. The van der Waals surface area contributed by atoms with Gasteiger partial charge in [-0.15, -0.1) is 0 Å². The molecule has 1 heterocycles. The molecule has 0 aliphatic rings. The van der Waals surface area contributed by atoms with Gasteiger partial charge in [-0.1, -0.05) is 31.5 Å². The fourth-order valence-corrected chi connectivity index (χ4v) is 1.79. The maximum absolute atomic E-state index is 4.57. The van der Waals surface area contributed by atoms with Crippen molar-refractivity contribution in [2.24, 2.45) is 0 Å². The second-order valence-electron chi connectivity index (χ2n) is 3.59. The van der Waals surface area contributed by atoms with Gasteiger partial charge < -0.3 is 0 Å². The molecule has 0 radical (unpaired) electrons. The standard InChI is InChI=1S/C12H16N2/c1-3-6-10-7-5-8-11-9-14(4-2)13-12(10)11/h5,7-9H,3-4,6H2,1-2H3. The quantitative estimate of drug-likeness (QED) is 0.724. The van der Waals surface area contributed by atoms with Crippen molar-refractivity contribution in [2.75, 3.05) is 0 Å². The molecule has 0 bridgehead atoms. The van der Waals surface area contributed by atoms with E-state index in [1.165, 1.54) is 22.9 Å². The molecule has 0 amide bonds. The molecular formula is C12H16N2. The number of aryl methyl sites for hydroxylation is 2. The monoisotopic (exact) mass is 188 g/mol. The second-order valence-corrected chi connectivity index (χ2v) is 3.59. The minimum absolute atomic E-state index is 0.945. The highest BCUT2D eigenvalue weighted by Gasteiger charge is 2.03. The summed E-state index contributed by atoms with van der Waals surface area (Å²) in [5, 5.41) is 5.83. The van der Waals surface area contributed by atoms with E-state index in [-0.39, 0.29) is 0 Å². The topological polar surface area (TPSA) is 17.8 Å². The first-order chi connectivity index (χ1) is 6.85. The van der Waals surface area contributed by atoms with E-state index >= 15 is 0 Å². The Morgan fingerprint density at radius 2 is 2.14 bits per heavy atom. The molecule has 2 heteroatoms. The van der Waals surface area contributed by atoms with Gasteiger partial charge in [-0.25, -0.2) is 0 Å². The van der Waals surface area contributed by atoms with Crippen molar-refractivity contribution < 1.29 is 0 Å². The van der Waals surface area contributed by atoms with Crippen LogP contribution >= 0.6 is 0 Å². The Hall–Kier alpha value is -1.31. The molecule has 0 saturated heterocycles. The highest BCUT2D eigenvalue weighted by molar-refractivity contribution is 5.81. The summed E-state index contributed by atoms with van der Waals surface area (Å²) in [7, 11) is 0. The number of fused-ring (bicyclic) bond motifs is 1. The number of hydrogen-bond donors (Lipinski definition) is 0. The molecular weight excluding hydrogens is 172 g/mol. The summed E-state index contributed by atoms with van der Waals surface area (Å²) in [5.74, 6) is 0.